The van der Waals surface area contributed by atoms with Crippen molar-refractivity contribution >= 4 is 22.5 Å². The average Bonchev–Trinajstić information content (AvgIpc) is 2.77. The van der Waals surface area contributed by atoms with Gasteiger partial charge in [-0.2, -0.15) is 0 Å². The van der Waals surface area contributed by atoms with Gasteiger partial charge in [-0.05, 0) is 48.4 Å². The summed E-state index contributed by atoms with van der Waals surface area (Å²) in [5.74, 6) is 1.15. The van der Waals surface area contributed by atoms with Crippen LogP contribution in [0, 0.1) is 0 Å². The molecule has 0 radical (unpaired) electrons. The third kappa shape index (κ3) is 4.58. The quantitative estimate of drug-likeness (QED) is 0.348. The minimum Gasteiger partial charge on any atom is -0.508 e. The van der Waals surface area contributed by atoms with Crippen molar-refractivity contribution in [1.82, 2.24) is 4.98 Å². The summed E-state index contributed by atoms with van der Waals surface area (Å²) in [5.41, 5.74) is 3.91. The molecule has 0 aliphatic heterocycles. The number of nitrogens with zero attached hydrogens (tertiary/aromatic N) is 1. The van der Waals surface area contributed by atoms with Gasteiger partial charge in [0.15, 0.2) is 0 Å². The lowest BCUT2D eigenvalue weighted by atomic mass is 9.87. The summed E-state index contributed by atoms with van der Waals surface area (Å²) in [6.07, 6.45) is 1.95. The van der Waals surface area contributed by atoms with Crippen LogP contribution in [0.1, 0.15) is 42.5 Å². The zero-order chi connectivity index (χ0) is 20.9. The molecule has 1 atom stereocenters. The summed E-state index contributed by atoms with van der Waals surface area (Å²) in [5, 5.41) is 12.0. The molecule has 30 heavy (non-hydrogen) atoms. The molecule has 0 amide bonds. The Morgan fingerprint density at radius 2 is 1.77 bits per heavy atom. The number of fused-ring (bicyclic) bond motifs is 1. The van der Waals surface area contributed by atoms with Gasteiger partial charge in [0.25, 0.3) is 0 Å². The lowest BCUT2D eigenvalue weighted by Crippen LogP contribution is -2.02. The number of rotatable bonds is 7. The number of phenolic OH excluding ortho intramolecular Hbond substituents is 1. The Morgan fingerprint density at radius 1 is 0.967 bits per heavy atom. The van der Waals surface area contributed by atoms with E-state index in [4.69, 9.17) is 16.3 Å². The summed E-state index contributed by atoms with van der Waals surface area (Å²) in [7, 11) is 0. The third-order valence-electron chi connectivity index (χ3n) is 5.27. The van der Waals surface area contributed by atoms with Gasteiger partial charge in [-0.3, -0.25) is 0 Å². The minimum absolute atomic E-state index is 0.114. The van der Waals surface area contributed by atoms with Crippen molar-refractivity contribution in [3.63, 3.8) is 0 Å². The van der Waals surface area contributed by atoms with E-state index in [1.807, 2.05) is 48.5 Å². The van der Waals surface area contributed by atoms with E-state index in [9.17, 15) is 5.11 Å². The minimum atomic E-state index is 0.114. The third-order valence-corrected chi connectivity index (χ3v) is 5.51. The molecule has 3 nitrogen and oxygen atoms in total. The van der Waals surface area contributed by atoms with Crippen LogP contribution in [0.5, 0.6) is 11.5 Å². The van der Waals surface area contributed by atoms with Crippen LogP contribution in [-0.4, -0.2) is 10.1 Å². The number of halogens is 1. The van der Waals surface area contributed by atoms with Gasteiger partial charge in [0, 0.05) is 21.9 Å². The fraction of sp³-hybridized carbons (Fsp3) is 0.192. The predicted molar refractivity (Wildman–Crippen MR) is 122 cm³/mol. The number of para-hydroxylation sites is 1. The molecule has 4 heteroatoms. The predicted octanol–water partition coefficient (Wildman–Crippen LogP) is 7.10. The van der Waals surface area contributed by atoms with Gasteiger partial charge in [0.1, 0.15) is 18.1 Å². The molecule has 0 fully saturated rings. The molecule has 3 aromatic carbocycles. The molecule has 4 aromatic rings. The Bertz CT molecular complexity index is 1140. The van der Waals surface area contributed by atoms with Crippen LogP contribution in [0.2, 0.25) is 5.02 Å². The van der Waals surface area contributed by atoms with Gasteiger partial charge in [0.05, 0.1) is 11.2 Å². The monoisotopic (exact) mass is 417 g/mol. The molecule has 1 N–H and O–H groups in total. The highest BCUT2D eigenvalue weighted by Crippen LogP contribution is 2.36. The maximum absolute atomic E-state index is 10.4. The van der Waals surface area contributed by atoms with E-state index >= 15 is 0 Å². The molecule has 0 aliphatic carbocycles. The molecular formula is C26H24ClNO2. The van der Waals surface area contributed by atoms with Gasteiger partial charge in [-0.15, -0.1) is 0 Å². The number of aromatic hydroxyl groups is 1. The standard InChI is InChI=1S/C26H24ClNO2/c1-2-5-23(24-15-11-20(27)16-26(24)29)18-9-13-22(14-10-18)30-17-21-12-8-19-6-3-4-7-25(19)28-21/h3-4,6-16,23,29H,2,5,17H2,1H3. The van der Waals surface area contributed by atoms with E-state index in [1.165, 1.54) is 0 Å². The maximum Gasteiger partial charge on any atom is 0.130 e. The van der Waals surface area contributed by atoms with Crippen LogP contribution >= 0.6 is 11.6 Å². The molecule has 0 bridgehead atoms. The maximum atomic E-state index is 10.4. The molecule has 0 aliphatic rings. The molecule has 1 unspecified atom stereocenters. The number of pyridine rings is 1. The van der Waals surface area contributed by atoms with Crippen molar-refractivity contribution in [2.24, 2.45) is 0 Å². The Kier molecular flexibility index (Phi) is 6.20. The average molecular weight is 418 g/mol. The number of hydrogen-bond donors (Lipinski definition) is 1. The molecule has 1 heterocycles. The lowest BCUT2D eigenvalue weighted by molar-refractivity contribution is 0.301. The van der Waals surface area contributed by atoms with Crippen molar-refractivity contribution in [2.75, 3.05) is 0 Å². The van der Waals surface area contributed by atoms with Crippen LogP contribution in [0.3, 0.4) is 0 Å². The molecule has 152 valence electrons. The van der Waals surface area contributed by atoms with Gasteiger partial charge >= 0.3 is 0 Å². The molecule has 4 rings (SSSR count). The fourth-order valence-electron chi connectivity index (χ4n) is 3.74. The van der Waals surface area contributed by atoms with Gasteiger partial charge in [0.2, 0.25) is 0 Å². The zero-order valence-corrected chi connectivity index (χ0v) is 17.6. The Balaban J connectivity index is 1.49. The number of phenols is 1. The van der Waals surface area contributed by atoms with Crippen LogP contribution in [0.4, 0.5) is 0 Å². The van der Waals surface area contributed by atoms with E-state index in [0.717, 1.165) is 46.3 Å². The van der Waals surface area contributed by atoms with E-state index in [1.54, 1.807) is 6.07 Å². The SMILES string of the molecule is CCCC(c1ccc(OCc2ccc3ccccc3n2)cc1)c1ccc(Cl)cc1O. The Hall–Kier alpha value is -3.04. The second kappa shape index (κ2) is 9.19. The lowest BCUT2D eigenvalue weighted by Gasteiger charge is -2.19. The van der Waals surface area contributed by atoms with Crippen molar-refractivity contribution < 1.29 is 9.84 Å². The van der Waals surface area contributed by atoms with Crippen molar-refractivity contribution in [2.45, 2.75) is 32.3 Å². The zero-order valence-electron chi connectivity index (χ0n) is 16.9. The first-order chi connectivity index (χ1) is 14.6. The first-order valence-electron chi connectivity index (χ1n) is 10.2. The molecule has 1 aromatic heterocycles. The number of ether oxygens (including phenoxy) is 1. The summed E-state index contributed by atoms with van der Waals surface area (Å²) in [4.78, 5) is 4.65. The summed E-state index contributed by atoms with van der Waals surface area (Å²) < 4.78 is 5.95. The normalized spacial score (nSPS) is 12.1. The Morgan fingerprint density at radius 3 is 2.53 bits per heavy atom. The fourth-order valence-corrected chi connectivity index (χ4v) is 3.91. The van der Waals surface area contributed by atoms with Crippen LogP contribution in [-0.2, 0) is 6.61 Å². The van der Waals surface area contributed by atoms with Crippen LogP contribution in [0.25, 0.3) is 10.9 Å². The second-order valence-corrected chi connectivity index (χ2v) is 7.83. The van der Waals surface area contributed by atoms with E-state index in [-0.39, 0.29) is 11.7 Å². The van der Waals surface area contributed by atoms with Crippen LogP contribution in [0.15, 0.2) is 78.9 Å². The first kappa shape index (κ1) is 20.2. The van der Waals surface area contributed by atoms with Gasteiger partial charge < -0.3 is 9.84 Å². The van der Waals surface area contributed by atoms with E-state index in [2.05, 4.69) is 36.2 Å². The molecular weight excluding hydrogens is 394 g/mol. The first-order valence-corrected chi connectivity index (χ1v) is 10.6. The summed E-state index contributed by atoms with van der Waals surface area (Å²) >= 11 is 6.00. The smallest absolute Gasteiger partial charge is 0.130 e. The second-order valence-electron chi connectivity index (χ2n) is 7.40. The van der Waals surface area contributed by atoms with E-state index < -0.39 is 0 Å². The van der Waals surface area contributed by atoms with Crippen molar-refractivity contribution in [3.8, 4) is 11.5 Å². The topological polar surface area (TPSA) is 42.4 Å². The molecule has 0 saturated heterocycles. The highest BCUT2D eigenvalue weighted by Gasteiger charge is 2.17. The largest absolute Gasteiger partial charge is 0.508 e. The number of aromatic nitrogens is 1. The summed E-state index contributed by atoms with van der Waals surface area (Å²) in [6, 6.07) is 25.6. The van der Waals surface area contributed by atoms with E-state index in [0.29, 0.717) is 11.6 Å². The highest BCUT2D eigenvalue weighted by molar-refractivity contribution is 6.30. The number of benzene rings is 3. The molecule has 0 spiro atoms. The summed E-state index contributed by atoms with van der Waals surface area (Å²) in [6.45, 7) is 2.56. The van der Waals surface area contributed by atoms with Crippen molar-refractivity contribution in [3.05, 3.63) is 101 Å². The Labute approximate surface area is 181 Å². The van der Waals surface area contributed by atoms with Crippen molar-refractivity contribution in [1.29, 1.82) is 0 Å². The highest BCUT2D eigenvalue weighted by atomic mass is 35.5. The van der Waals surface area contributed by atoms with Gasteiger partial charge in [-0.25, -0.2) is 4.98 Å². The number of hydrogen-bond acceptors (Lipinski definition) is 3. The van der Waals surface area contributed by atoms with Crippen LogP contribution < -0.4 is 4.74 Å². The molecule has 0 saturated carbocycles. The van der Waals surface area contributed by atoms with Gasteiger partial charge in [-0.1, -0.05) is 67.4 Å².